The molecule has 1 saturated carbocycles. The van der Waals surface area contributed by atoms with Crippen molar-refractivity contribution in [3.63, 3.8) is 0 Å². The predicted octanol–water partition coefficient (Wildman–Crippen LogP) is 2.62. The highest BCUT2D eigenvalue weighted by Crippen LogP contribution is 2.27. The number of hydrogen-bond acceptors (Lipinski definition) is 4. The third kappa shape index (κ3) is 3.70. The van der Waals surface area contributed by atoms with Gasteiger partial charge in [0.15, 0.2) is 0 Å². The first-order chi connectivity index (χ1) is 9.76. The molecule has 0 aliphatic heterocycles. The monoisotopic (exact) mass is 277 g/mol. The second-order valence-electron chi connectivity index (χ2n) is 5.66. The molecule has 2 rings (SSSR count). The lowest BCUT2D eigenvalue weighted by Crippen LogP contribution is -2.39. The van der Waals surface area contributed by atoms with Crippen LogP contribution in [0, 0.1) is 0 Å². The van der Waals surface area contributed by atoms with Gasteiger partial charge in [-0.2, -0.15) is 0 Å². The van der Waals surface area contributed by atoms with Gasteiger partial charge in [-0.25, -0.2) is 0 Å². The van der Waals surface area contributed by atoms with E-state index in [1.54, 1.807) is 0 Å². The number of anilines is 1. The minimum atomic E-state index is 0.0185. The van der Waals surface area contributed by atoms with E-state index >= 15 is 0 Å². The third-order valence-corrected chi connectivity index (χ3v) is 4.28. The van der Waals surface area contributed by atoms with Crippen molar-refractivity contribution in [1.29, 1.82) is 0 Å². The van der Waals surface area contributed by atoms with Crippen LogP contribution in [0.4, 0.5) is 5.69 Å². The quantitative estimate of drug-likeness (QED) is 0.839. The van der Waals surface area contributed by atoms with Gasteiger partial charge in [-0.05, 0) is 31.4 Å². The number of rotatable bonds is 6. The van der Waals surface area contributed by atoms with Crippen LogP contribution in [0.15, 0.2) is 18.3 Å². The van der Waals surface area contributed by atoms with E-state index in [9.17, 15) is 5.11 Å². The molecule has 3 N–H and O–H groups in total. The van der Waals surface area contributed by atoms with Crippen LogP contribution in [-0.2, 0) is 0 Å². The fraction of sp³-hybridized carbons (Fsp3) is 0.688. The van der Waals surface area contributed by atoms with Crippen molar-refractivity contribution in [3.8, 4) is 0 Å². The molecule has 20 heavy (non-hydrogen) atoms. The number of hydrogen-bond donors (Lipinski definition) is 2. The molecule has 0 bridgehead atoms. The van der Waals surface area contributed by atoms with Gasteiger partial charge in [0, 0.05) is 18.6 Å². The Labute approximate surface area is 122 Å². The lowest BCUT2D eigenvalue weighted by molar-refractivity contribution is 0.290. The van der Waals surface area contributed by atoms with Crippen molar-refractivity contribution >= 4 is 5.69 Å². The van der Waals surface area contributed by atoms with Crippen molar-refractivity contribution in [1.82, 2.24) is 4.98 Å². The van der Waals surface area contributed by atoms with Gasteiger partial charge in [0.1, 0.15) is 0 Å². The summed E-state index contributed by atoms with van der Waals surface area (Å²) < 4.78 is 0. The molecule has 0 spiro atoms. The zero-order valence-electron chi connectivity index (χ0n) is 12.5. The first-order valence-electron chi connectivity index (χ1n) is 7.85. The number of aliphatic hydroxyl groups excluding tert-OH is 1. The smallest absolute Gasteiger partial charge is 0.0606 e. The van der Waals surface area contributed by atoms with Gasteiger partial charge in [-0.3, -0.25) is 4.98 Å². The Hall–Kier alpha value is -1.13. The number of nitrogens with two attached hydrogens (primary N) is 1. The fourth-order valence-electron chi connectivity index (χ4n) is 3.02. The maximum atomic E-state index is 9.33. The van der Waals surface area contributed by atoms with Crippen molar-refractivity contribution in [2.45, 2.75) is 57.5 Å². The molecule has 1 aliphatic carbocycles. The number of pyridine rings is 1. The summed E-state index contributed by atoms with van der Waals surface area (Å²) >= 11 is 0. The van der Waals surface area contributed by atoms with Crippen LogP contribution < -0.4 is 10.6 Å². The van der Waals surface area contributed by atoms with Crippen molar-refractivity contribution < 1.29 is 5.11 Å². The average molecular weight is 277 g/mol. The second kappa shape index (κ2) is 7.60. The van der Waals surface area contributed by atoms with Crippen LogP contribution in [0.3, 0.4) is 0 Å². The van der Waals surface area contributed by atoms with E-state index in [2.05, 4.69) is 22.9 Å². The van der Waals surface area contributed by atoms with E-state index < -0.39 is 0 Å². The van der Waals surface area contributed by atoms with Crippen molar-refractivity contribution in [2.75, 3.05) is 18.1 Å². The summed E-state index contributed by atoms with van der Waals surface area (Å²) in [6, 6.07) is 4.69. The van der Waals surface area contributed by atoms with Crippen LogP contribution in [0.5, 0.6) is 0 Å². The summed E-state index contributed by atoms with van der Waals surface area (Å²) in [5.41, 5.74) is 8.06. The van der Waals surface area contributed by atoms with E-state index in [1.165, 1.54) is 32.1 Å². The van der Waals surface area contributed by atoms with Gasteiger partial charge in [0.2, 0.25) is 0 Å². The molecule has 0 radical (unpaired) electrons. The lowest BCUT2D eigenvalue weighted by Gasteiger charge is -2.35. The Kier molecular flexibility index (Phi) is 5.80. The normalized spacial score (nSPS) is 17.9. The van der Waals surface area contributed by atoms with Crippen LogP contribution in [0.2, 0.25) is 0 Å². The second-order valence-corrected chi connectivity index (χ2v) is 5.66. The average Bonchev–Trinajstić information content (AvgIpc) is 2.53. The minimum absolute atomic E-state index is 0.0185. The van der Waals surface area contributed by atoms with Gasteiger partial charge in [0.25, 0.3) is 0 Å². The molecule has 1 aromatic rings. The molecule has 0 saturated heterocycles. The first-order valence-corrected chi connectivity index (χ1v) is 7.85. The van der Waals surface area contributed by atoms with E-state index in [0.717, 1.165) is 17.8 Å². The van der Waals surface area contributed by atoms with Crippen LogP contribution >= 0.6 is 0 Å². The van der Waals surface area contributed by atoms with E-state index in [-0.39, 0.29) is 12.6 Å². The lowest BCUT2D eigenvalue weighted by atomic mass is 9.94. The highest BCUT2D eigenvalue weighted by Gasteiger charge is 2.21. The molecule has 4 heteroatoms. The largest absolute Gasteiger partial charge is 0.395 e. The van der Waals surface area contributed by atoms with E-state index in [0.29, 0.717) is 12.6 Å². The molecule has 1 aliphatic rings. The Balaban J connectivity index is 2.11. The zero-order valence-corrected chi connectivity index (χ0v) is 12.5. The molecule has 1 atom stereocenters. The summed E-state index contributed by atoms with van der Waals surface area (Å²) in [6.45, 7) is 2.94. The summed E-state index contributed by atoms with van der Waals surface area (Å²) in [5.74, 6) is 0. The van der Waals surface area contributed by atoms with Crippen LogP contribution in [0.1, 0.15) is 57.2 Å². The molecule has 1 unspecified atom stereocenters. The summed E-state index contributed by atoms with van der Waals surface area (Å²) in [7, 11) is 0. The fourth-order valence-corrected chi connectivity index (χ4v) is 3.02. The van der Waals surface area contributed by atoms with Crippen molar-refractivity contribution in [2.24, 2.45) is 5.73 Å². The minimum Gasteiger partial charge on any atom is -0.395 e. The summed E-state index contributed by atoms with van der Waals surface area (Å²) in [4.78, 5) is 6.81. The van der Waals surface area contributed by atoms with Gasteiger partial charge in [-0.1, -0.05) is 26.2 Å². The van der Waals surface area contributed by atoms with Gasteiger partial charge >= 0.3 is 0 Å². The molecule has 1 aromatic heterocycles. The molecule has 1 heterocycles. The molecule has 4 nitrogen and oxygen atoms in total. The maximum absolute atomic E-state index is 9.33. The van der Waals surface area contributed by atoms with Gasteiger partial charge in [-0.15, -0.1) is 0 Å². The van der Waals surface area contributed by atoms with Crippen LogP contribution in [-0.4, -0.2) is 29.3 Å². The predicted molar refractivity (Wildman–Crippen MR) is 82.8 cm³/mol. The van der Waals surface area contributed by atoms with Crippen LogP contribution in [0.25, 0.3) is 0 Å². The molecule has 0 amide bonds. The van der Waals surface area contributed by atoms with Gasteiger partial charge in [0.05, 0.1) is 24.2 Å². The topological polar surface area (TPSA) is 62.4 Å². The van der Waals surface area contributed by atoms with E-state index in [4.69, 9.17) is 5.73 Å². The maximum Gasteiger partial charge on any atom is 0.0606 e. The standard InChI is InChI=1S/C16H27N3O/c1-2-15(17)16-9-8-14(12-18-16)19(10-11-20)13-6-4-3-5-7-13/h8-9,12-13,15,20H,2-7,10-11,17H2,1H3. The highest BCUT2D eigenvalue weighted by molar-refractivity contribution is 5.46. The Morgan fingerprint density at radius 3 is 2.65 bits per heavy atom. The Bertz CT molecular complexity index is 387. The number of nitrogens with zero attached hydrogens (tertiary/aromatic N) is 2. The van der Waals surface area contributed by atoms with E-state index in [1.807, 2.05) is 12.3 Å². The number of aromatic nitrogens is 1. The Morgan fingerprint density at radius 2 is 2.10 bits per heavy atom. The Morgan fingerprint density at radius 1 is 1.35 bits per heavy atom. The van der Waals surface area contributed by atoms with Gasteiger partial charge < -0.3 is 15.7 Å². The highest BCUT2D eigenvalue weighted by atomic mass is 16.3. The summed E-state index contributed by atoms with van der Waals surface area (Å²) in [5, 5.41) is 9.33. The third-order valence-electron chi connectivity index (χ3n) is 4.28. The zero-order chi connectivity index (χ0) is 14.4. The molecule has 1 fully saturated rings. The number of aliphatic hydroxyl groups is 1. The van der Waals surface area contributed by atoms with Crippen molar-refractivity contribution in [3.05, 3.63) is 24.0 Å². The molecule has 112 valence electrons. The molecular weight excluding hydrogens is 250 g/mol. The summed E-state index contributed by atoms with van der Waals surface area (Å²) in [6.07, 6.45) is 9.17. The molecular formula is C16H27N3O. The first kappa shape index (κ1) is 15.3. The molecule has 0 aromatic carbocycles. The SMILES string of the molecule is CCC(N)c1ccc(N(CCO)C2CCCCC2)cn1.